The van der Waals surface area contributed by atoms with Crippen molar-refractivity contribution in [1.82, 2.24) is 5.32 Å². The minimum absolute atomic E-state index is 0.0623. The SMILES string of the molecule is O=C(NCCc1ccccc1F)c1cccc(C(=O)Nc2ccccc2F)c1. The Morgan fingerprint density at radius 2 is 1.39 bits per heavy atom. The van der Waals surface area contributed by atoms with Gasteiger partial charge < -0.3 is 10.6 Å². The first-order valence-corrected chi connectivity index (χ1v) is 8.72. The van der Waals surface area contributed by atoms with E-state index in [1.54, 1.807) is 36.4 Å². The van der Waals surface area contributed by atoms with E-state index in [1.807, 2.05) is 0 Å². The van der Waals surface area contributed by atoms with E-state index in [2.05, 4.69) is 10.6 Å². The van der Waals surface area contributed by atoms with Crippen LogP contribution in [0.1, 0.15) is 26.3 Å². The van der Waals surface area contributed by atoms with E-state index in [0.29, 0.717) is 12.0 Å². The third-order valence-corrected chi connectivity index (χ3v) is 4.15. The minimum atomic E-state index is -0.544. The van der Waals surface area contributed by atoms with Gasteiger partial charge in [0.2, 0.25) is 0 Å². The molecule has 6 heteroatoms. The predicted octanol–water partition coefficient (Wildman–Crippen LogP) is 4.19. The molecule has 0 aliphatic heterocycles. The molecule has 0 atom stereocenters. The molecule has 142 valence electrons. The second kappa shape index (κ2) is 8.90. The molecule has 0 saturated carbocycles. The van der Waals surface area contributed by atoms with Crippen molar-refractivity contribution in [3.8, 4) is 0 Å². The van der Waals surface area contributed by atoms with Gasteiger partial charge in [-0.15, -0.1) is 0 Å². The number of carbonyl (C=O) groups is 2. The van der Waals surface area contributed by atoms with Gasteiger partial charge in [0.25, 0.3) is 11.8 Å². The Bertz CT molecular complexity index is 1010. The van der Waals surface area contributed by atoms with Crippen molar-refractivity contribution in [1.29, 1.82) is 0 Å². The summed E-state index contributed by atoms with van der Waals surface area (Å²) >= 11 is 0. The van der Waals surface area contributed by atoms with Gasteiger partial charge in [-0.2, -0.15) is 0 Å². The van der Waals surface area contributed by atoms with Crippen LogP contribution in [0.25, 0.3) is 0 Å². The van der Waals surface area contributed by atoms with E-state index in [9.17, 15) is 18.4 Å². The van der Waals surface area contributed by atoms with Crippen molar-refractivity contribution in [2.45, 2.75) is 6.42 Å². The lowest BCUT2D eigenvalue weighted by molar-refractivity contribution is 0.0954. The fraction of sp³-hybridized carbons (Fsp3) is 0.0909. The molecule has 0 aliphatic carbocycles. The van der Waals surface area contributed by atoms with Crippen LogP contribution < -0.4 is 10.6 Å². The molecule has 0 spiro atoms. The van der Waals surface area contributed by atoms with Crippen LogP contribution in [0.2, 0.25) is 0 Å². The van der Waals surface area contributed by atoms with Crippen LogP contribution in [0.15, 0.2) is 72.8 Å². The molecular formula is C22H18F2N2O2. The van der Waals surface area contributed by atoms with Crippen LogP contribution in [-0.4, -0.2) is 18.4 Å². The molecule has 2 N–H and O–H groups in total. The zero-order chi connectivity index (χ0) is 19.9. The number of amides is 2. The minimum Gasteiger partial charge on any atom is -0.352 e. The highest BCUT2D eigenvalue weighted by atomic mass is 19.1. The number of anilines is 1. The fourth-order valence-electron chi connectivity index (χ4n) is 2.67. The number of hydrogen-bond acceptors (Lipinski definition) is 2. The van der Waals surface area contributed by atoms with E-state index in [-0.39, 0.29) is 35.1 Å². The van der Waals surface area contributed by atoms with E-state index < -0.39 is 11.7 Å². The maximum atomic E-state index is 13.7. The fourth-order valence-corrected chi connectivity index (χ4v) is 2.67. The molecule has 0 radical (unpaired) electrons. The summed E-state index contributed by atoms with van der Waals surface area (Å²) in [7, 11) is 0. The largest absolute Gasteiger partial charge is 0.352 e. The van der Waals surface area contributed by atoms with Gasteiger partial charge in [-0.05, 0) is 48.4 Å². The monoisotopic (exact) mass is 380 g/mol. The molecule has 28 heavy (non-hydrogen) atoms. The van der Waals surface area contributed by atoms with Crippen molar-refractivity contribution in [2.75, 3.05) is 11.9 Å². The van der Waals surface area contributed by atoms with Gasteiger partial charge >= 0.3 is 0 Å². The third kappa shape index (κ3) is 4.79. The van der Waals surface area contributed by atoms with Gasteiger partial charge in [0.1, 0.15) is 11.6 Å². The van der Waals surface area contributed by atoms with Gasteiger partial charge in [-0.3, -0.25) is 9.59 Å². The molecule has 3 aromatic carbocycles. The first kappa shape index (κ1) is 19.2. The Morgan fingerprint density at radius 1 is 0.750 bits per heavy atom. The maximum Gasteiger partial charge on any atom is 0.255 e. The molecule has 0 bridgehead atoms. The topological polar surface area (TPSA) is 58.2 Å². The van der Waals surface area contributed by atoms with Crippen LogP contribution in [0, 0.1) is 11.6 Å². The molecule has 0 unspecified atom stereocenters. The van der Waals surface area contributed by atoms with Crippen LogP contribution >= 0.6 is 0 Å². The smallest absolute Gasteiger partial charge is 0.255 e. The number of para-hydroxylation sites is 1. The molecule has 4 nitrogen and oxygen atoms in total. The van der Waals surface area contributed by atoms with Crippen LogP contribution in [0.4, 0.5) is 14.5 Å². The van der Waals surface area contributed by atoms with E-state index in [1.165, 1.54) is 36.4 Å². The van der Waals surface area contributed by atoms with Gasteiger partial charge in [-0.1, -0.05) is 36.4 Å². The average molecular weight is 380 g/mol. The zero-order valence-electron chi connectivity index (χ0n) is 14.9. The summed E-state index contributed by atoms with van der Waals surface area (Å²) in [5.41, 5.74) is 1.09. The Hall–Kier alpha value is -3.54. The maximum absolute atomic E-state index is 13.7. The molecule has 2 amide bonds. The summed E-state index contributed by atoms with van der Waals surface area (Å²) in [5, 5.41) is 5.18. The Labute approximate surface area is 161 Å². The molecule has 3 aromatic rings. The highest BCUT2D eigenvalue weighted by Gasteiger charge is 2.12. The van der Waals surface area contributed by atoms with Crippen molar-refractivity contribution in [2.24, 2.45) is 0 Å². The van der Waals surface area contributed by atoms with Crippen LogP contribution in [-0.2, 0) is 6.42 Å². The van der Waals surface area contributed by atoms with Crippen LogP contribution in [0.5, 0.6) is 0 Å². The Kier molecular flexibility index (Phi) is 6.11. The molecule has 3 rings (SSSR count). The molecule has 0 aromatic heterocycles. The highest BCUT2D eigenvalue weighted by Crippen LogP contribution is 2.15. The Morgan fingerprint density at radius 3 is 2.11 bits per heavy atom. The molecule has 0 fully saturated rings. The first-order chi connectivity index (χ1) is 13.5. The highest BCUT2D eigenvalue weighted by molar-refractivity contribution is 6.06. The third-order valence-electron chi connectivity index (χ3n) is 4.15. The number of halogens is 2. The zero-order valence-corrected chi connectivity index (χ0v) is 14.9. The summed E-state index contributed by atoms with van der Waals surface area (Å²) in [6.45, 7) is 0.255. The number of carbonyl (C=O) groups excluding carboxylic acids is 2. The first-order valence-electron chi connectivity index (χ1n) is 8.72. The van der Waals surface area contributed by atoms with E-state index in [4.69, 9.17) is 0 Å². The standard InChI is InChI=1S/C22H18F2N2O2/c23-18-9-2-1-6-15(18)12-13-25-21(27)16-7-5-8-17(14-16)22(28)26-20-11-4-3-10-19(20)24/h1-11,14H,12-13H2,(H,25,27)(H,26,28). The number of hydrogen-bond donors (Lipinski definition) is 2. The summed E-state index contributed by atoms with van der Waals surface area (Å²) in [5.74, 6) is -1.76. The van der Waals surface area contributed by atoms with Crippen molar-refractivity contribution < 1.29 is 18.4 Å². The van der Waals surface area contributed by atoms with Gasteiger partial charge in [0.15, 0.2) is 0 Å². The lowest BCUT2D eigenvalue weighted by Crippen LogP contribution is -2.26. The van der Waals surface area contributed by atoms with Crippen molar-refractivity contribution in [3.63, 3.8) is 0 Å². The quantitative estimate of drug-likeness (QED) is 0.674. The normalized spacial score (nSPS) is 10.4. The average Bonchev–Trinajstić information content (AvgIpc) is 2.71. The molecular weight excluding hydrogens is 362 g/mol. The summed E-state index contributed by atoms with van der Waals surface area (Å²) in [6, 6.07) is 18.3. The van der Waals surface area contributed by atoms with Crippen molar-refractivity contribution >= 4 is 17.5 Å². The second-order valence-electron chi connectivity index (χ2n) is 6.11. The second-order valence-corrected chi connectivity index (χ2v) is 6.11. The van der Waals surface area contributed by atoms with Gasteiger partial charge in [0, 0.05) is 17.7 Å². The predicted molar refractivity (Wildman–Crippen MR) is 103 cm³/mol. The summed E-state index contributed by atoms with van der Waals surface area (Å²) in [6.07, 6.45) is 0.353. The van der Waals surface area contributed by atoms with Crippen molar-refractivity contribution in [3.05, 3.63) is 101 Å². The molecule has 0 heterocycles. The van der Waals surface area contributed by atoms with Gasteiger partial charge in [0.05, 0.1) is 5.69 Å². The van der Waals surface area contributed by atoms with Crippen LogP contribution in [0.3, 0.4) is 0 Å². The summed E-state index contributed by atoms with van der Waals surface area (Å²) < 4.78 is 27.3. The van der Waals surface area contributed by atoms with E-state index in [0.717, 1.165) is 0 Å². The van der Waals surface area contributed by atoms with E-state index >= 15 is 0 Å². The van der Waals surface area contributed by atoms with Gasteiger partial charge in [-0.25, -0.2) is 8.78 Å². The lowest BCUT2D eigenvalue weighted by atomic mass is 10.1. The number of nitrogens with one attached hydrogen (secondary N) is 2. The lowest BCUT2D eigenvalue weighted by Gasteiger charge is -2.09. The molecule has 0 saturated heterocycles. The molecule has 0 aliphatic rings. The summed E-state index contributed by atoms with van der Waals surface area (Å²) in [4.78, 5) is 24.6. The number of benzene rings is 3. The number of rotatable bonds is 6. The Balaban J connectivity index is 1.62.